The van der Waals surface area contributed by atoms with Gasteiger partial charge in [0, 0.05) is 17.1 Å². The largest absolute Gasteiger partial charge is 0.433 e. The molecule has 0 aliphatic heterocycles. The van der Waals surface area contributed by atoms with E-state index in [1.165, 1.54) is 24.3 Å². The number of aromatic nitrogens is 2. The fourth-order valence-electron chi connectivity index (χ4n) is 1.61. The predicted octanol–water partition coefficient (Wildman–Crippen LogP) is 3.00. The van der Waals surface area contributed by atoms with Gasteiger partial charge in [-0.15, -0.1) is 0 Å². The number of hydrogen-bond acceptors (Lipinski definition) is 2. The number of nitrogens with zero attached hydrogens (tertiary/aromatic N) is 2. The van der Waals surface area contributed by atoms with Crippen LogP contribution in [0.3, 0.4) is 0 Å². The minimum Gasteiger partial charge on any atom is -0.326 e. The molecular weight excluding hydrogens is 267 g/mol. The highest BCUT2D eigenvalue weighted by atomic mass is 35.5. The summed E-state index contributed by atoms with van der Waals surface area (Å²) < 4.78 is 39.7. The maximum absolute atomic E-state index is 13.0. The van der Waals surface area contributed by atoms with Gasteiger partial charge in [-0.3, -0.25) is 0 Å². The smallest absolute Gasteiger partial charge is 0.326 e. The Labute approximate surface area is 106 Å². The van der Waals surface area contributed by atoms with Crippen molar-refractivity contribution in [3.8, 4) is 5.69 Å². The van der Waals surface area contributed by atoms with Crippen LogP contribution in [0.2, 0.25) is 5.02 Å². The van der Waals surface area contributed by atoms with Crippen molar-refractivity contribution in [2.24, 2.45) is 5.73 Å². The third-order valence-corrected chi connectivity index (χ3v) is 2.66. The summed E-state index contributed by atoms with van der Waals surface area (Å²) in [5.41, 5.74) is 4.67. The van der Waals surface area contributed by atoms with Gasteiger partial charge in [0.15, 0.2) is 5.69 Å². The molecule has 96 valence electrons. The van der Waals surface area contributed by atoms with Crippen molar-refractivity contribution in [1.29, 1.82) is 0 Å². The Morgan fingerprint density at radius 2 is 1.83 bits per heavy atom. The maximum atomic E-state index is 13.0. The normalized spacial score (nSPS) is 11.8. The first-order chi connectivity index (χ1) is 8.43. The van der Waals surface area contributed by atoms with Crippen molar-refractivity contribution in [3.63, 3.8) is 0 Å². The second-order valence-corrected chi connectivity index (χ2v) is 4.04. The van der Waals surface area contributed by atoms with Gasteiger partial charge in [0.2, 0.25) is 0 Å². The van der Waals surface area contributed by atoms with E-state index in [-0.39, 0.29) is 17.8 Å². The number of rotatable bonds is 2. The molecule has 0 radical (unpaired) electrons. The fourth-order valence-corrected chi connectivity index (χ4v) is 1.74. The molecule has 0 atom stereocenters. The molecule has 0 spiro atoms. The van der Waals surface area contributed by atoms with Gasteiger partial charge in [-0.25, -0.2) is 4.68 Å². The van der Waals surface area contributed by atoms with Gasteiger partial charge in [0.05, 0.1) is 11.9 Å². The van der Waals surface area contributed by atoms with Crippen LogP contribution in [-0.4, -0.2) is 9.78 Å². The molecule has 0 amide bonds. The van der Waals surface area contributed by atoms with E-state index in [0.717, 1.165) is 10.9 Å². The Kier molecular flexibility index (Phi) is 3.32. The van der Waals surface area contributed by atoms with Crippen LogP contribution >= 0.6 is 11.6 Å². The number of hydrogen-bond donors (Lipinski definition) is 1. The molecule has 1 aromatic heterocycles. The number of alkyl halides is 3. The van der Waals surface area contributed by atoms with Crippen molar-refractivity contribution >= 4 is 11.6 Å². The molecule has 0 saturated carbocycles. The van der Waals surface area contributed by atoms with Gasteiger partial charge in [-0.2, -0.15) is 18.3 Å². The molecule has 0 fully saturated rings. The Balaban J connectivity index is 2.58. The second-order valence-electron chi connectivity index (χ2n) is 3.61. The molecule has 2 N–H and O–H groups in total. The average molecular weight is 276 g/mol. The topological polar surface area (TPSA) is 43.8 Å². The Morgan fingerprint density at radius 1 is 1.22 bits per heavy atom. The predicted molar refractivity (Wildman–Crippen MR) is 61.5 cm³/mol. The quantitative estimate of drug-likeness (QED) is 0.916. The van der Waals surface area contributed by atoms with E-state index in [1.54, 1.807) is 0 Å². The van der Waals surface area contributed by atoms with E-state index in [4.69, 9.17) is 17.3 Å². The van der Waals surface area contributed by atoms with Crippen LogP contribution in [0.4, 0.5) is 13.2 Å². The van der Waals surface area contributed by atoms with Gasteiger partial charge in [0.25, 0.3) is 0 Å². The minimum absolute atomic E-state index is 0.0440. The monoisotopic (exact) mass is 275 g/mol. The van der Waals surface area contributed by atoms with E-state index in [1.807, 2.05) is 0 Å². The first-order valence-corrected chi connectivity index (χ1v) is 5.41. The summed E-state index contributed by atoms with van der Waals surface area (Å²) in [6, 6.07) is 5.93. The zero-order chi connectivity index (χ0) is 13.3. The fraction of sp³-hybridized carbons (Fsp3) is 0.182. The summed E-state index contributed by atoms with van der Waals surface area (Å²) >= 11 is 5.69. The molecule has 3 nitrogen and oxygen atoms in total. The Bertz CT molecular complexity index is 546. The van der Waals surface area contributed by atoms with Gasteiger partial charge < -0.3 is 5.73 Å². The highest BCUT2D eigenvalue weighted by Gasteiger charge is 2.38. The van der Waals surface area contributed by atoms with Crippen LogP contribution < -0.4 is 5.73 Å². The third kappa shape index (κ3) is 2.34. The molecule has 7 heteroatoms. The summed E-state index contributed by atoms with van der Waals surface area (Å²) in [4.78, 5) is 0. The van der Waals surface area contributed by atoms with Gasteiger partial charge >= 0.3 is 6.18 Å². The van der Waals surface area contributed by atoms with E-state index in [2.05, 4.69) is 5.10 Å². The standard InChI is InChI=1S/C11H9ClF3N3/c12-8-1-3-9(4-2-8)18-10(11(13,14)15)7(5-16)6-17-18/h1-4,6H,5,16H2. The summed E-state index contributed by atoms with van der Waals surface area (Å²) in [6.07, 6.45) is -3.39. The van der Waals surface area contributed by atoms with Crippen molar-refractivity contribution in [2.75, 3.05) is 0 Å². The van der Waals surface area contributed by atoms with E-state index in [0.29, 0.717) is 5.02 Å². The molecule has 1 aromatic carbocycles. The van der Waals surface area contributed by atoms with Crippen LogP contribution in [0.25, 0.3) is 5.69 Å². The van der Waals surface area contributed by atoms with Gasteiger partial charge in [-0.1, -0.05) is 11.6 Å². The first kappa shape index (κ1) is 12.9. The molecule has 0 bridgehead atoms. The molecular formula is C11H9ClF3N3. The van der Waals surface area contributed by atoms with Gasteiger partial charge in [-0.05, 0) is 24.3 Å². The molecule has 0 saturated heterocycles. The van der Waals surface area contributed by atoms with Crippen LogP contribution in [0.1, 0.15) is 11.3 Å². The SMILES string of the molecule is NCc1cnn(-c2ccc(Cl)cc2)c1C(F)(F)F. The highest BCUT2D eigenvalue weighted by molar-refractivity contribution is 6.30. The third-order valence-electron chi connectivity index (χ3n) is 2.40. The van der Waals surface area contributed by atoms with Crippen LogP contribution in [-0.2, 0) is 12.7 Å². The number of benzene rings is 1. The van der Waals surface area contributed by atoms with Gasteiger partial charge in [0.1, 0.15) is 0 Å². The highest BCUT2D eigenvalue weighted by Crippen LogP contribution is 2.33. The first-order valence-electron chi connectivity index (χ1n) is 5.03. The lowest BCUT2D eigenvalue weighted by atomic mass is 10.2. The summed E-state index contributed by atoms with van der Waals surface area (Å²) in [5.74, 6) is 0. The Morgan fingerprint density at radius 3 is 2.33 bits per heavy atom. The molecule has 0 aliphatic carbocycles. The maximum Gasteiger partial charge on any atom is 0.433 e. The molecule has 2 aromatic rings. The van der Waals surface area contributed by atoms with Crippen molar-refractivity contribution in [1.82, 2.24) is 9.78 Å². The average Bonchev–Trinajstić information content (AvgIpc) is 2.73. The van der Waals surface area contributed by atoms with E-state index < -0.39 is 11.9 Å². The minimum atomic E-state index is -4.51. The second kappa shape index (κ2) is 4.62. The number of halogens is 4. The zero-order valence-electron chi connectivity index (χ0n) is 9.08. The van der Waals surface area contributed by atoms with Crippen molar-refractivity contribution < 1.29 is 13.2 Å². The summed E-state index contributed by atoms with van der Waals surface area (Å²) in [7, 11) is 0. The summed E-state index contributed by atoms with van der Waals surface area (Å²) in [6.45, 7) is -0.220. The van der Waals surface area contributed by atoms with Crippen LogP contribution in [0, 0.1) is 0 Å². The molecule has 0 aliphatic rings. The zero-order valence-corrected chi connectivity index (χ0v) is 9.83. The summed E-state index contributed by atoms with van der Waals surface area (Å²) in [5, 5.41) is 4.17. The number of nitrogens with two attached hydrogens (primary N) is 1. The molecule has 18 heavy (non-hydrogen) atoms. The van der Waals surface area contributed by atoms with Crippen molar-refractivity contribution in [3.05, 3.63) is 46.7 Å². The molecule has 0 unspecified atom stereocenters. The molecule has 2 rings (SSSR count). The lowest BCUT2D eigenvalue weighted by Gasteiger charge is -2.12. The molecule has 1 heterocycles. The van der Waals surface area contributed by atoms with E-state index in [9.17, 15) is 13.2 Å². The van der Waals surface area contributed by atoms with Crippen LogP contribution in [0.5, 0.6) is 0 Å². The lowest BCUT2D eigenvalue weighted by molar-refractivity contribution is -0.143. The van der Waals surface area contributed by atoms with E-state index >= 15 is 0 Å². The lowest BCUT2D eigenvalue weighted by Crippen LogP contribution is -2.16. The Hall–Kier alpha value is -1.53. The van der Waals surface area contributed by atoms with Crippen molar-refractivity contribution in [2.45, 2.75) is 12.7 Å². The van der Waals surface area contributed by atoms with Crippen LogP contribution in [0.15, 0.2) is 30.5 Å².